The molecule has 0 unspecified atom stereocenters. The molecule has 0 aromatic heterocycles. The van der Waals surface area contributed by atoms with Gasteiger partial charge in [-0.1, -0.05) is 31.2 Å². The molecule has 0 atom stereocenters. The molecule has 0 spiro atoms. The molecule has 0 heterocycles. The number of hydrogen-bond acceptors (Lipinski definition) is 4. The summed E-state index contributed by atoms with van der Waals surface area (Å²) in [6.45, 7) is 3.98. The molecular formula is C21H22N2O3. The predicted molar refractivity (Wildman–Crippen MR) is 102 cm³/mol. The van der Waals surface area contributed by atoms with Gasteiger partial charge in [-0.05, 0) is 48.2 Å². The van der Waals surface area contributed by atoms with E-state index in [-0.39, 0.29) is 12.5 Å². The lowest BCUT2D eigenvalue weighted by atomic mass is 10.1. The molecule has 0 bridgehead atoms. The van der Waals surface area contributed by atoms with Gasteiger partial charge >= 0.3 is 0 Å². The second-order valence-electron chi connectivity index (χ2n) is 5.64. The van der Waals surface area contributed by atoms with Crippen LogP contribution < -0.4 is 14.8 Å². The van der Waals surface area contributed by atoms with Gasteiger partial charge in [0.15, 0.2) is 18.1 Å². The molecule has 0 saturated carbocycles. The van der Waals surface area contributed by atoms with E-state index >= 15 is 0 Å². The highest BCUT2D eigenvalue weighted by atomic mass is 16.5. The predicted octanol–water partition coefficient (Wildman–Crippen LogP) is 4.12. The van der Waals surface area contributed by atoms with E-state index in [1.54, 1.807) is 24.3 Å². The third kappa shape index (κ3) is 4.87. The number of nitriles is 1. The van der Waals surface area contributed by atoms with Crippen molar-refractivity contribution in [2.45, 2.75) is 20.3 Å². The van der Waals surface area contributed by atoms with Gasteiger partial charge in [0.25, 0.3) is 0 Å². The number of amides is 1. The monoisotopic (exact) mass is 350 g/mol. The largest absolute Gasteiger partial charge is 0.493 e. The Balaban J connectivity index is 2.12. The summed E-state index contributed by atoms with van der Waals surface area (Å²) in [6.07, 6.45) is 4.04. The SMILES string of the molecule is CCc1cccc(C)c1NC(=O)C=Cc1ccc(OCC#N)c(OC)c1. The minimum Gasteiger partial charge on any atom is -0.493 e. The van der Waals surface area contributed by atoms with Crippen molar-refractivity contribution in [3.05, 3.63) is 59.2 Å². The number of carbonyl (C=O) groups excluding carboxylic acids is 1. The Bertz CT molecular complexity index is 851. The first-order valence-corrected chi connectivity index (χ1v) is 8.34. The molecular weight excluding hydrogens is 328 g/mol. The van der Waals surface area contributed by atoms with E-state index in [0.29, 0.717) is 11.5 Å². The van der Waals surface area contributed by atoms with Crippen LogP contribution in [0.1, 0.15) is 23.6 Å². The number of aryl methyl sites for hydroxylation is 2. The summed E-state index contributed by atoms with van der Waals surface area (Å²) >= 11 is 0. The third-order valence-corrected chi connectivity index (χ3v) is 3.90. The van der Waals surface area contributed by atoms with Crippen molar-refractivity contribution >= 4 is 17.7 Å². The molecule has 26 heavy (non-hydrogen) atoms. The summed E-state index contributed by atoms with van der Waals surface area (Å²) < 4.78 is 10.5. The number of nitrogens with one attached hydrogen (secondary N) is 1. The maximum absolute atomic E-state index is 12.3. The molecule has 5 heteroatoms. The number of benzene rings is 2. The van der Waals surface area contributed by atoms with Gasteiger partial charge in [0.1, 0.15) is 6.07 Å². The summed E-state index contributed by atoms with van der Waals surface area (Å²) in [5.74, 6) is 0.802. The Hall–Kier alpha value is -3.26. The third-order valence-electron chi connectivity index (χ3n) is 3.90. The first-order valence-electron chi connectivity index (χ1n) is 8.34. The minimum absolute atomic E-state index is 0.0514. The Morgan fingerprint density at radius 2 is 2.08 bits per heavy atom. The van der Waals surface area contributed by atoms with Gasteiger partial charge in [0.2, 0.25) is 5.91 Å². The average Bonchev–Trinajstić information content (AvgIpc) is 2.66. The molecule has 1 N–H and O–H groups in total. The first-order chi connectivity index (χ1) is 12.6. The lowest BCUT2D eigenvalue weighted by molar-refractivity contribution is -0.111. The van der Waals surface area contributed by atoms with Crippen LogP contribution in [0.4, 0.5) is 5.69 Å². The summed E-state index contributed by atoms with van der Waals surface area (Å²) in [5.41, 5.74) is 3.79. The summed E-state index contributed by atoms with van der Waals surface area (Å²) in [7, 11) is 1.53. The van der Waals surface area contributed by atoms with Gasteiger partial charge < -0.3 is 14.8 Å². The Morgan fingerprint density at radius 1 is 1.27 bits per heavy atom. The van der Waals surface area contributed by atoms with Crippen molar-refractivity contribution in [2.75, 3.05) is 19.0 Å². The quantitative estimate of drug-likeness (QED) is 0.763. The molecule has 2 rings (SSSR count). The van der Waals surface area contributed by atoms with Crippen molar-refractivity contribution in [2.24, 2.45) is 0 Å². The van der Waals surface area contributed by atoms with Crippen LogP contribution in [0.3, 0.4) is 0 Å². The highest BCUT2D eigenvalue weighted by molar-refractivity contribution is 6.02. The summed E-state index contributed by atoms with van der Waals surface area (Å²) in [6, 6.07) is 13.1. The van der Waals surface area contributed by atoms with Crippen LogP contribution in [0.15, 0.2) is 42.5 Å². The highest BCUT2D eigenvalue weighted by Crippen LogP contribution is 2.28. The molecule has 134 valence electrons. The van der Waals surface area contributed by atoms with Crippen LogP contribution in [0, 0.1) is 18.3 Å². The maximum atomic E-state index is 12.3. The second-order valence-corrected chi connectivity index (χ2v) is 5.64. The molecule has 0 aliphatic heterocycles. The maximum Gasteiger partial charge on any atom is 0.248 e. The molecule has 2 aromatic rings. The number of hydrogen-bond donors (Lipinski definition) is 1. The van der Waals surface area contributed by atoms with Crippen molar-refractivity contribution in [1.82, 2.24) is 0 Å². The summed E-state index contributed by atoms with van der Waals surface area (Å²) in [5, 5.41) is 11.5. The number of carbonyl (C=O) groups is 1. The van der Waals surface area contributed by atoms with Crippen molar-refractivity contribution in [1.29, 1.82) is 5.26 Å². The fourth-order valence-electron chi connectivity index (χ4n) is 2.56. The Morgan fingerprint density at radius 3 is 2.77 bits per heavy atom. The van der Waals surface area contributed by atoms with E-state index in [9.17, 15) is 4.79 Å². The van der Waals surface area contributed by atoms with E-state index < -0.39 is 0 Å². The van der Waals surface area contributed by atoms with Crippen LogP contribution in [0.2, 0.25) is 0 Å². The van der Waals surface area contributed by atoms with Crippen LogP contribution >= 0.6 is 0 Å². The van der Waals surface area contributed by atoms with E-state index in [1.165, 1.54) is 13.2 Å². The molecule has 1 amide bonds. The first kappa shape index (κ1) is 19.1. The fraction of sp³-hybridized carbons (Fsp3) is 0.238. The molecule has 2 aromatic carbocycles. The number of para-hydroxylation sites is 1. The average molecular weight is 350 g/mol. The van der Waals surface area contributed by atoms with Gasteiger partial charge in [-0.3, -0.25) is 4.79 Å². The molecule has 0 radical (unpaired) electrons. The number of ether oxygens (including phenoxy) is 2. The second kappa shape index (κ2) is 9.28. The van der Waals surface area contributed by atoms with Gasteiger partial charge in [-0.2, -0.15) is 5.26 Å². The zero-order chi connectivity index (χ0) is 18.9. The van der Waals surface area contributed by atoms with E-state index in [2.05, 4.69) is 12.2 Å². The number of methoxy groups -OCH3 is 1. The van der Waals surface area contributed by atoms with Gasteiger partial charge in [0.05, 0.1) is 7.11 Å². The Kier molecular flexibility index (Phi) is 6.81. The normalized spacial score (nSPS) is 10.4. The lowest BCUT2D eigenvalue weighted by Gasteiger charge is -2.11. The topological polar surface area (TPSA) is 71.3 Å². The van der Waals surface area contributed by atoms with Crippen LogP contribution in [-0.2, 0) is 11.2 Å². The molecule has 0 fully saturated rings. The van der Waals surface area contributed by atoms with Gasteiger partial charge in [0, 0.05) is 11.8 Å². The zero-order valence-corrected chi connectivity index (χ0v) is 15.2. The van der Waals surface area contributed by atoms with Crippen LogP contribution in [-0.4, -0.2) is 19.6 Å². The number of nitrogens with zero attached hydrogens (tertiary/aromatic N) is 1. The van der Waals surface area contributed by atoms with Crippen molar-refractivity contribution < 1.29 is 14.3 Å². The van der Waals surface area contributed by atoms with E-state index in [1.807, 2.05) is 31.2 Å². The molecule has 0 aliphatic carbocycles. The molecule has 5 nitrogen and oxygen atoms in total. The minimum atomic E-state index is -0.197. The Labute approximate surface area is 153 Å². The van der Waals surface area contributed by atoms with E-state index in [0.717, 1.165) is 28.8 Å². The number of rotatable bonds is 7. The summed E-state index contributed by atoms with van der Waals surface area (Å²) in [4.78, 5) is 12.3. The van der Waals surface area contributed by atoms with Gasteiger partial charge in [-0.15, -0.1) is 0 Å². The van der Waals surface area contributed by atoms with Crippen molar-refractivity contribution in [3.8, 4) is 17.6 Å². The fourth-order valence-corrected chi connectivity index (χ4v) is 2.56. The number of anilines is 1. The zero-order valence-electron chi connectivity index (χ0n) is 15.2. The standard InChI is InChI=1S/C21H22N2O3/c1-4-17-7-5-6-15(2)21(17)23-20(24)11-9-16-8-10-18(26-13-12-22)19(14-16)25-3/h5-11,14H,4,13H2,1-3H3,(H,23,24). The van der Waals surface area contributed by atoms with Crippen LogP contribution in [0.5, 0.6) is 11.5 Å². The molecule has 0 aliphatic rings. The lowest BCUT2D eigenvalue weighted by Crippen LogP contribution is -2.11. The van der Waals surface area contributed by atoms with E-state index in [4.69, 9.17) is 14.7 Å². The van der Waals surface area contributed by atoms with Crippen LogP contribution in [0.25, 0.3) is 6.08 Å². The van der Waals surface area contributed by atoms with Gasteiger partial charge in [-0.25, -0.2) is 0 Å². The van der Waals surface area contributed by atoms with Crippen molar-refractivity contribution in [3.63, 3.8) is 0 Å². The highest BCUT2D eigenvalue weighted by Gasteiger charge is 2.07. The smallest absolute Gasteiger partial charge is 0.248 e. The molecule has 0 saturated heterocycles.